The highest BCUT2D eigenvalue weighted by Crippen LogP contribution is 2.23. The summed E-state index contributed by atoms with van der Waals surface area (Å²) < 4.78 is 1.62. The summed E-state index contributed by atoms with van der Waals surface area (Å²) in [6.07, 6.45) is 0. The topological polar surface area (TPSA) is 68.5 Å². The second-order valence-corrected chi connectivity index (χ2v) is 4.07. The van der Waals surface area contributed by atoms with Gasteiger partial charge in [-0.15, -0.1) is 5.10 Å². The first kappa shape index (κ1) is 10.9. The first-order chi connectivity index (χ1) is 7.79. The summed E-state index contributed by atoms with van der Waals surface area (Å²) in [4.78, 5) is 4.42. The number of anilines is 1. The highest BCUT2D eigenvalue weighted by Gasteiger charge is 2.06. The third-order valence-corrected chi connectivity index (χ3v) is 2.82. The van der Waals surface area contributed by atoms with Gasteiger partial charge in [0, 0.05) is 13.6 Å². The van der Waals surface area contributed by atoms with Gasteiger partial charge in [-0.05, 0) is 41.2 Å². The summed E-state index contributed by atoms with van der Waals surface area (Å²) in [5.74, 6) is 0.864. The Morgan fingerprint density at radius 1 is 1.44 bits per heavy atom. The predicted octanol–water partition coefficient (Wildman–Crippen LogP) is 1.19. The quantitative estimate of drug-likeness (QED) is 0.860. The Balaban J connectivity index is 2.15. The molecule has 2 aromatic heterocycles. The number of hydrogen-bond acceptors (Lipinski definition) is 6. The number of aryl methyl sites for hydroxylation is 1. The molecule has 0 saturated carbocycles. The molecule has 0 bridgehead atoms. The first-order valence-electron chi connectivity index (χ1n) is 4.90. The Morgan fingerprint density at radius 3 is 3.00 bits per heavy atom. The molecule has 0 atom stereocenters. The molecule has 0 fully saturated rings. The molecular formula is C9H12N6S. The standard InChI is InChI=1S/C9H12N6S/c1-3-10-7-5-4-6-8(11-7)16-9-12-13-14-15(9)2/h4-6H,3H2,1-2H3,(H,10,11). The minimum atomic E-state index is 0.723. The number of aromatic nitrogens is 5. The lowest BCUT2D eigenvalue weighted by Crippen LogP contribution is -1.99. The molecule has 0 saturated heterocycles. The summed E-state index contributed by atoms with van der Waals surface area (Å²) in [6.45, 7) is 2.89. The number of hydrogen-bond donors (Lipinski definition) is 1. The van der Waals surface area contributed by atoms with E-state index in [2.05, 4.69) is 25.8 Å². The fourth-order valence-electron chi connectivity index (χ4n) is 1.15. The molecular weight excluding hydrogens is 224 g/mol. The minimum Gasteiger partial charge on any atom is -0.370 e. The zero-order valence-corrected chi connectivity index (χ0v) is 9.90. The Kier molecular flexibility index (Phi) is 3.35. The summed E-state index contributed by atoms with van der Waals surface area (Å²) in [5.41, 5.74) is 0. The average molecular weight is 236 g/mol. The van der Waals surface area contributed by atoms with Gasteiger partial charge in [-0.1, -0.05) is 6.07 Å². The minimum absolute atomic E-state index is 0.723. The molecule has 0 aromatic carbocycles. The van der Waals surface area contributed by atoms with E-state index in [1.165, 1.54) is 11.8 Å². The van der Waals surface area contributed by atoms with Crippen molar-refractivity contribution < 1.29 is 0 Å². The van der Waals surface area contributed by atoms with Crippen molar-refractivity contribution in [1.82, 2.24) is 25.2 Å². The van der Waals surface area contributed by atoms with Crippen molar-refractivity contribution in [1.29, 1.82) is 0 Å². The van der Waals surface area contributed by atoms with Gasteiger partial charge in [0.25, 0.3) is 0 Å². The van der Waals surface area contributed by atoms with Gasteiger partial charge in [-0.25, -0.2) is 9.67 Å². The van der Waals surface area contributed by atoms with Crippen LogP contribution in [-0.2, 0) is 7.05 Å². The normalized spacial score (nSPS) is 10.4. The van der Waals surface area contributed by atoms with Crippen molar-refractivity contribution in [2.75, 3.05) is 11.9 Å². The van der Waals surface area contributed by atoms with E-state index >= 15 is 0 Å². The smallest absolute Gasteiger partial charge is 0.215 e. The van der Waals surface area contributed by atoms with Crippen LogP contribution in [0.15, 0.2) is 28.4 Å². The average Bonchev–Trinajstić information content (AvgIpc) is 2.66. The molecule has 0 amide bonds. The van der Waals surface area contributed by atoms with Crippen LogP contribution in [0, 0.1) is 0 Å². The Bertz CT molecular complexity index is 469. The largest absolute Gasteiger partial charge is 0.370 e. The molecule has 2 rings (SSSR count). The van der Waals surface area contributed by atoms with Gasteiger partial charge in [0.2, 0.25) is 5.16 Å². The summed E-state index contributed by atoms with van der Waals surface area (Å²) >= 11 is 1.44. The van der Waals surface area contributed by atoms with Gasteiger partial charge >= 0.3 is 0 Å². The van der Waals surface area contributed by atoms with E-state index in [9.17, 15) is 0 Å². The van der Waals surface area contributed by atoms with Crippen LogP contribution in [0.4, 0.5) is 5.82 Å². The number of rotatable bonds is 4. The molecule has 6 nitrogen and oxygen atoms in total. The first-order valence-corrected chi connectivity index (χ1v) is 5.72. The lowest BCUT2D eigenvalue weighted by Gasteiger charge is -2.03. The summed E-state index contributed by atoms with van der Waals surface area (Å²) in [7, 11) is 1.80. The van der Waals surface area contributed by atoms with Crippen molar-refractivity contribution in [2.24, 2.45) is 7.05 Å². The van der Waals surface area contributed by atoms with E-state index < -0.39 is 0 Å². The van der Waals surface area contributed by atoms with Gasteiger partial charge < -0.3 is 5.32 Å². The maximum absolute atomic E-state index is 4.42. The van der Waals surface area contributed by atoms with E-state index in [1.54, 1.807) is 11.7 Å². The SMILES string of the molecule is CCNc1cccc(Sc2nnnn2C)n1. The van der Waals surface area contributed by atoms with E-state index in [4.69, 9.17) is 0 Å². The van der Waals surface area contributed by atoms with Crippen molar-refractivity contribution in [3.63, 3.8) is 0 Å². The molecule has 0 aliphatic carbocycles. The van der Waals surface area contributed by atoms with Gasteiger partial charge in [0.15, 0.2) is 0 Å². The number of nitrogens with zero attached hydrogens (tertiary/aromatic N) is 5. The summed E-state index contributed by atoms with van der Waals surface area (Å²) in [5, 5.41) is 16.0. The highest BCUT2D eigenvalue weighted by molar-refractivity contribution is 7.99. The Hall–Kier alpha value is -1.63. The van der Waals surface area contributed by atoms with Crippen molar-refractivity contribution in [2.45, 2.75) is 17.1 Å². The van der Waals surface area contributed by atoms with Gasteiger partial charge in [-0.3, -0.25) is 0 Å². The molecule has 0 spiro atoms. The molecule has 2 aromatic rings. The molecule has 7 heteroatoms. The van der Waals surface area contributed by atoms with Crippen molar-refractivity contribution >= 4 is 17.6 Å². The summed E-state index contributed by atoms with van der Waals surface area (Å²) in [6, 6.07) is 5.82. The predicted molar refractivity (Wildman–Crippen MR) is 61.3 cm³/mol. The van der Waals surface area contributed by atoms with Gasteiger partial charge in [0.05, 0.1) is 0 Å². The lowest BCUT2D eigenvalue weighted by molar-refractivity contribution is 0.664. The molecule has 84 valence electrons. The van der Waals surface area contributed by atoms with Crippen LogP contribution in [0.1, 0.15) is 6.92 Å². The Morgan fingerprint density at radius 2 is 2.31 bits per heavy atom. The van der Waals surface area contributed by atoms with Crippen LogP contribution in [0.5, 0.6) is 0 Å². The number of nitrogens with one attached hydrogen (secondary N) is 1. The third-order valence-electron chi connectivity index (χ3n) is 1.86. The molecule has 0 unspecified atom stereocenters. The van der Waals surface area contributed by atoms with Crippen molar-refractivity contribution in [3.8, 4) is 0 Å². The molecule has 0 radical (unpaired) electrons. The third kappa shape index (κ3) is 2.48. The number of tetrazole rings is 1. The van der Waals surface area contributed by atoms with Gasteiger partial charge in [0.1, 0.15) is 10.8 Å². The molecule has 16 heavy (non-hydrogen) atoms. The van der Waals surface area contributed by atoms with Crippen LogP contribution < -0.4 is 5.32 Å². The van der Waals surface area contributed by atoms with Crippen LogP contribution in [0.2, 0.25) is 0 Å². The Labute approximate surface area is 97.5 Å². The molecule has 0 aliphatic rings. The maximum Gasteiger partial charge on any atom is 0.215 e. The van der Waals surface area contributed by atoms with Crippen LogP contribution in [0.3, 0.4) is 0 Å². The molecule has 2 heterocycles. The fourth-order valence-corrected chi connectivity index (χ4v) is 1.88. The van der Waals surface area contributed by atoms with E-state index in [-0.39, 0.29) is 0 Å². The van der Waals surface area contributed by atoms with E-state index in [0.29, 0.717) is 0 Å². The number of pyridine rings is 1. The van der Waals surface area contributed by atoms with Gasteiger partial charge in [-0.2, -0.15) is 0 Å². The zero-order chi connectivity index (χ0) is 11.4. The second kappa shape index (κ2) is 4.93. The van der Waals surface area contributed by atoms with E-state index in [0.717, 1.165) is 22.5 Å². The van der Waals surface area contributed by atoms with Crippen LogP contribution in [-0.4, -0.2) is 31.7 Å². The van der Waals surface area contributed by atoms with Crippen LogP contribution in [0.25, 0.3) is 0 Å². The highest BCUT2D eigenvalue weighted by atomic mass is 32.2. The van der Waals surface area contributed by atoms with Crippen LogP contribution >= 0.6 is 11.8 Å². The molecule has 0 aliphatic heterocycles. The zero-order valence-electron chi connectivity index (χ0n) is 9.08. The van der Waals surface area contributed by atoms with Crippen molar-refractivity contribution in [3.05, 3.63) is 18.2 Å². The van der Waals surface area contributed by atoms with E-state index in [1.807, 2.05) is 25.1 Å². The maximum atomic E-state index is 4.42. The monoisotopic (exact) mass is 236 g/mol. The fraction of sp³-hybridized carbons (Fsp3) is 0.333. The second-order valence-electron chi connectivity index (χ2n) is 3.08. The lowest BCUT2D eigenvalue weighted by atomic mass is 10.4. The molecule has 1 N–H and O–H groups in total.